The number of hydrogen-bond donors (Lipinski definition) is 4. The van der Waals surface area contributed by atoms with E-state index in [0.717, 1.165) is 16.7 Å². The van der Waals surface area contributed by atoms with Crippen molar-refractivity contribution < 1.29 is 51.3 Å². The summed E-state index contributed by atoms with van der Waals surface area (Å²) in [5.74, 6) is -2.17. The molecule has 0 aromatic heterocycles. The molecule has 0 saturated carbocycles. The number of carbonyl (C=O) groups is 1. The van der Waals surface area contributed by atoms with Crippen LogP contribution in [0.5, 0.6) is 5.75 Å². The molecular formula is C37H37F2NO9S. The van der Waals surface area contributed by atoms with E-state index in [1.54, 1.807) is 29.2 Å². The van der Waals surface area contributed by atoms with Crippen LogP contribution >= 0.6 is 0 Å². The molecule has 4 aromatic carbocycles. The number of rotatable bonds is 11. The molecule has 2 heterocycles. The average Bonchev–Trinajstić information content (AvgIpc) is 3.10. The van der Waals surface area contributed by atoms with Crippen molar-refractivity contribution in [3.8, 4) is 16.9 Å². The third-order valence-corrected chi connectivity index (χ3v) is 10.5. The van der Waals surface area contributed by atoms with Gasteiger partial charge in [-0.1, -0.05) is 48.5 Å². The third-order valence-electron chi connectivity index (χ3n) is 9.31. The summed E-state index contributed by atoms with van der Waals surface area (Å²) in [5, 5.41) is 40.8. The summed E-state index contributed by atoms with van der Waals surface area (Å²) >= 11 is 0. The number of β-lactam (4-membered cyclic amide) rings is 1. The summed E-state index contributed by atoms with van der Waals surface area (Å²) in [6, 6.07) is 24.6. The Bertz CT molecular complexity index is 1890. The smallest absolute Gasteiger partial charge is 0.311 e. The Labute approximate surface area is 288 Å². The molecule has 8 atom stereocenters. The number of hydrogen-bond acceptors (Lipinski definition) is 9. The molecule has 50 heavy (non-hydrogen) atoms. The van der Waals surface area contributed by atoms with E-state index in [0.29, 0.717) is 17.7 Å². The Morgan fingerprint density at radius 2 is 1.36 bits per heavy atom. The number of carbonyl (C=O) groups excluding carboxylic acids is 1. The number of anilines is 1. The lowest BCUT2D eigenvalue weighted by molar-refractivity contribution is -0.210. The summed E-state index contributed by atoms with van der Waals surface area (Å²) in [5.41, 5.74) is 3.46. The maximum Gasteiger partial charge on any atom is 0.311 e. The Morgan fingerprint density at radius 3 is 1.96 bits per heavy atom. The normalized spacial score (nSPS) is 25.9. The highest BCUT2D eigenvalue weighted by Crippen LogP contribution is 2.46. The Balaban J connectivity index is 1.15. The molecule has 1 amide bonds. The highest BCUT2D eigenvalue weighted by atomic mass is 32.2. The van der Waals surface area contributed by atoms with Gasteiger partial charge in [0.15, 0.2) is 0 Å². The van der Waals surface area contributed by atoms with Crippen LogP contribution in [0.3, 0.4) is 0 Å². The molecule has 0 radical (unpaired) electrons. The van der Waals surface area contributed by atoms with Crippen molar-refractivity contribution in [1.82, 2.24) is 0 Å². The highest BCUT2D eigenvalue weighted by Gasteiger charge is 2.48. The number of aliphatic hydroxyl groups excluding tert-OH is 4. The quantitative estimate of drug-likeness (QED) is 0.131. The van der Waals surface area contributed by atoms with Crippen LogP contribution in [0.4, 0.5) is 14.5 Å². The van der Waals surface area contributed by atoms with Gasteiger partial charge in [-0.3, -0.25) is 4.79 Å². The predicted octanol–water partition coefficient (Wildman–Crippen LogP) is 4.43. The summed E-state index contributed by atoms with van der Waals surface area (Å²) < 4.78 is 63.1. The zero-order chi connectivity index (χ0) is 35.7. The van der Waals surface area contributed by atoms with Crippen molar-refractivity contribution in [1.29, 1.82) is 0 Å². The molecule has 1 unspecified atom stereocenters. The van der Waals surface area contributed by atoms with Crippen LogP contribution in [0.1, 0.15) is 43.0 Å². The van der Waals surface area contributed by atoms with Gasteiger partial charge in [0, 0.05) is 5.69 Å². The van der Waals surface area contributed by atoms with Gasteiger partial charge >= 0.3 is 10.1 Å². The Hall–Kier alpha value is -4.24. The number of nitrogens with zero attached hydrogens (tertiary/aromatic N) is 1. The largest absolute Gasteiger partial charge is 0.388 e. The summed E-state index contributed by atoms with van der Waals surface area (Å²) in [6.45, 7) is 1.46. The van der Waals surface area contributed by atoms with Crippen LogP contribution in [0.15, 0.2) is 97.1 Å². The summed E-state index contributed by atoms with van der Waals surface area (Å²) in [6.07, 6.45) is -6.97. The second-order valence-electron chi connectivity index (χ2n) is 12.7. The second kappa shape index (κ2) is 14.5. The molecule has 10 nitrogen and oxygen atoms in total. The molecule has 2 aliphatic heterocycles. The van der Waals surface area contributed by atoms with E-state index in [-0.39, 0.29) is 24.1 Å². The lowest BCUT2D eigenvalue weighted by atomic mass is 9.78. The zero-order valence-electron chi connectivity index (χ0n) is 26.9. The van der Waals surface area contributed by atoms with E-state index in [4.69, 9.17) is 8.92 Å². The van der Waals surface area contributed by atoms with Gasteiger partial charge in [0.25, 0.3) is 0 Å². The second-order valence-corrected chi connectivity index (χ2v) is 14.3. The molecule has 2 saturated heterocycles. The minimum atomic E-state index is -4.25. The fourth-order valence-corrected chi connectivity index (χ4v) is 7.67. The highest BCUT2D eigenvalue weighted by molar-refractivity contribution is 7.87. The van der Waals surface area contributed by atoms with Gasteiger partial charge in [0.05, 0.1) is 24.2 Å². The first-order chi connectivity index (χ1) is 23.8. The van der Waals surface area contributed by atoms with Crippen molar-refractivity contribution in [2.75, 3.05) is 10.7 Å². The topological polar surface area (TPSA) is 154 Å². The molecule has 2 fully saturated rings. The van der Waals surface area contributed by atoms with Gasteiger partial charge in [0.1, 0.15) is 47.6 Å². The van der Waals surface area contributed by atoms with Crippen molar-refractivity contribution >= 4 is 21.7 Å². The number of halogens is 2. The van der Waals surface area contributed by atoms with Crippen molar-refractivity contribution in [2.24, 2.45) is 5.92 Å². The maximum absolute atomic E-state index is 13.7. The Morgan fingerprint density at radius 1 is 0.800 bits per heavy atom. The monoisotopic (exact) mass is 709 g/mol. The lowest BCUT2D eigenvalue weighted by Crippen LogP contribution is -2.58. The molecule has 264 valence electrons. The van der Waals surface area contributed by atoms with Crippen molar-refractivity contribution in [3.05, 3.63) is 120 Å². The maximum atomic E-state index is 13.7. The van der Waals surface area contributed by atoms with Gasteiger partial charge in [-0.15, -0.1) is 0 Å². The Kier molecular flexibility index (Phi) is 10.4. The number of amides is 1. The number of ether oxygens (including phenoxy) is 1. The van der Waals surface area contributed by atoms with Gasteiger partial charge in [-0.05, 0) is 90.6 Å². The van der Waals surface area contributed by atoms with Gasteiger partial charge < -0.3 is 34.2 Å². The van der Waals surface area contributed by atoms with E-state index in [1.807, 2.05) is 24.3 Å². The summed E-state index contributed by atoms with van der Waals surface area (Å²) in [4.78, 5) is 15.0. The van der Waals surface area contributed by atoms with E-state index in [2.05, 4.69) is 0 Å². The fourth-order valence-electron chi connectivity index (χ4n) is 6.52. The fraction of sp³-hybridized carbons (Fsp3) is 0.324. The van der Waals surface area contributed by atoms with Crippen LogP contribution in [-0.2, 0) is 19.6 Å². The zero-order valence-corrected chi connectivity index (χ0v) is 27.7. The molecule has 0 bridgehead atoms. The van der Waals surface area contributed by atoms with E-state index in [1.165, 1.54) is 55.5 Å². The van der Waals surface area contributed by atoms with Crippen LogP contribution < -0.4 is 9.08 Å². The van der Waals surface area contributed by atoms with Crippen LogP contribution in [0.25, 0.3) is 11.1 Å². The minimum absolute atomic E-state index is 0.0258. The lowest BCUT2D eigenvalue weighted by Gasteiger charge is -2.48. The van der Waals surface area contributed by atoms with E-state index in [9.17, 15) is 42.4 Å². The SMILES string of the molecule is C[C@@H]1OC(CS(=O)(=O)Oc2ccc(-c3ccc([C@@H]4[C@@H](CC[C@H](O)c5ccc(F)cc5)C(=O)N4c4ccc(F)cc4)cc3)cc2)[C@H](O)[C@@H](O)[C@@H]1O. The van der Waals surface area contributed by atoms with Gasteiger partial charge in [-0.25, -0.2) is 8.78 Å². The molecule has 2 aliphatic rings. The molecule has 4 N–H and O–H groups in total. The van der Waals surface area contributed by atoms with E-state index < -0.39 is 70.0 Å². The van der Waals surface area contributed by atoms with Crippen LogP contribution in [0.2, 0.25) is 0 Å². The van der Waals surface area contributed by atoms with E-state index >= 15 is 0 Å². The van der Waals surface area contributed by atoms with Gasteiger partial charge in [-0.2, -0.15) is 8.42 Å². The first kappa shape index (κ1) is 35.6. The average molecular weight is 710 g/mol. The summed E-state index contributed by atoms with van der Waals surface area (Å²) in [7, 11) is -4.25. The molecule has 0 aliphatic carbocycles. The van der Waals surface area contributed by atoms with Crippen molar-refractivity contribution in [3.63, 3.8) is 0 Å². The molecule has 4 aromatic rings. The van der Waals surface area contributed by atoms with Crippen LogP contribution in [0, 0.1) is 17.6 Å². The van der Waals surface area contributed by atoms with Gasteiger partial charge in [0.2, 0.25) is 5.91 Å². The van der Waals surface area contributed by atoms with Crippen molar-refractivity contribution in [2.45, 2.75) is 62.4 Å². The third kappa shape index (κ3) is 7.58. The molecular weight excluding hydrogens is 672 g/mol. The number of benzene rings is 4. The molecule has 6 rings (SSSR count). The first-order valence-electron chi connectivity index (χ1n) is 16.2. The molecule has 13 heteroatoms. The number of aliphatic hydroxyl groups is 4. The van der Waals surface area contributed by atoms with Crippen LogP contribution in [-0.4, -0.2) is 71.0 Å². The molecule has 0 spiro atoms. The standard InChI is InChI=1S/C37H37F2NO9S/c1-21-34(42)36(44)35(43)32(48-21)20-50(46,47)49-29-16-8-23(9-17-29)22-2-4-25(5-3-22)33-30(18-19-31(41)24-6-10-26(38)11-7-24)37(45)40(33)28-14-12-27(39)13-15-28/h2-17,21,30-36,41-44H,18-20H2,1H3/t21-,30+,31-,32?,33+,34+,35-,36-/m0/s1. The first-order valence-corrected chi connectivity index (χ1v) is 17.7. The minimum Gasteiger partial charge on any atom is -0.388 e. The predicted molar refractivity (Wildman–Crippen MR) is 179 cm³/mol.